The lowest BCUT2D eigenvalue weighted by molar-refractivity contribution is -0.109. The molecule has 0 spiro atoms. The molecule has 0 atom stereocenters. The fourth-order valence-corrected chi connectivity index (χ4v) is 6.03. The summed E-state index contributed by atoms with van der Waals surface area (Å²) in [5.74, 6) is 1.17. The largest absolute Gasteiger partial charge is 0.462 e. The Morgan fingerprint density at radius 2 is 2.07 bits per heavy atom. The molecule has 2 aromatic rings. The third kappa shape index (κ3) is 5.22. The van der Waals surface area contributed by atoms with Crippen molar-refractivity contribution in [2.45, 2.75) is 45.6 Å². The number of thioether (sulfide) groups is 1. The number of carbonyl (C=O) groups excluding carboxylic acids is 2. The Labute approximate surface area is 192 Å². The number of rotatable bonds is 7. The van der Waals surface area contributed by atoms with Crippen molar-refractivity contribution in [3.8, 4) is 0 Å². The van der Waals surface area contributed by atoms with Crippen LogP contribution >= 0.6 is 42.1 Å². The molecule has 0 aliphatic heterocycles. The number of halogens is 1. The summed E-state index contributed by atoms with van der Waals surface area (Å²) in [5, 5.41) is 1.16. The first-order chi connectivity index (χ1) is 14.0. The maximum atomic E-state index is 12.6. The average molecular weight is 547 g/mol. The molecule has 0 unspecified atom stereocenters. The Morgan fingerprint density at radius 3 is 2.69 bits per heavy atom. The van der Waals surface area contributed by atoms with Crippen LogP contribution in [-0.2, 0) is 9.53 Å². The molecule has 0 bridgehead atoms. The Bertz CT molecular complexity index is 881. The summed E-state index contributed by atoms with van der Waals surface area (Å²) in [6.07, 6.45) is 7.92. The van der Waals surface area contributed by atoms with E-state index in [1.165, 1.54) is 11.8 Å². The molecule has 9 heteroatoms. The molecule has 2 aromatic heterocycles. The van der Waals surface area contributed by atoms with Crippen LogP contribution in [0.3, 0.4) is 0 Å². The number of nitrogens with zero attached hydrogens (tertiary/aromatic N) is 3. The molecule has 2 heterocycles. The smallest absolute Gasteiger partial charge is 0.341 e. The van der Waals surface area contributed by atoms with E-state index in [0.29, 0.717) is 24.1 Å². The summed E-state index contributed by atoms with van der Waals surface area (Å²) in [7, 11) is 3.62. The van der Waals surface area contributed by atoms with Crippen molar-refractivity contribution >= 4 is 69.9 Å². The zero-order valence-electron chi connectivity index (χ0n) is 16.9. The van der Waals surface area contributed by atoms with Gasteiger partial charge in [-0.1, -0.05) is 11.8 Å². The number of pyridine rings is 1. The van der Waals surface area contributed by atoms with E-state index in [4.69, 9.17) is 4.74 Å². The highest BCUT2D eigenvalue weighted by Crippen LogP contribution is 2.37. The molecule has 1 aliphatic carbocycles. The van der Waals surface area contributed by atoms with Gasteiger partial charge in [-0.25, -0.2) is 9.78 Å². The molecule has 158 valence electrons. The SMILES string of the molecule is CCOC(=O)c1cnc2c(ccn2SI)c1N(C)[C@H]1CC[C@H](CSC(C)=O)CC1. The number of aromatic nitrogens is 2. The first-order valence-electron chi connectivity index (χ1n) is 9.78. The average Bonchev–Trinajstić information content (AvgIpc) is 3.14. The zero-order chi connectivity index (χ0) is 21.0. The molecule has 29 heavy (non-hydrogen) atoms. The molecule has 0 saturated heterocycles. The van der Waals surface area contributed by atoms with Crippen molar-refractivity contribution in [2.24, 2.45) is 5.92 Å². The minimum atomic E-state index is -0.329. The van der Waals surface area contributed by atoms with E-state index in [-0.39, 0.29) is 11.1 Å². The second-order valence-electron chi connectivity index (χ2n) is 7.28. The Hall–Kier alpha value is -0.940. The van der Waals surface area contributed by atoms with Gasteiger partial charge >= 0.3 is 5.97 Å². The number of carbonyl (C=O) groups is 2. The summed E-state index contributed by atoms with van der Waals surface area (Å²) in [5.41, 5.74) is 2.28. The number of ether oxygens (including phenoxy) is 1. The van der Waals surface area contributed by atoms with Crippen LogP contribution in [0, 0.1) is 5.92 Å². The van der Waals surface area contributed by atoms with E-state index in [9.17, 15) is 9.59 Å². The predicted molar refractivity (Wildman–Crippen MR) is 130 cm³/mol. The van der Waals surface area contributed by atoms with Gasteiger partial charge in [0.25, 0.3) is 0 Å². The Balaban J connectivity index is 1.87. The monoisotopic (exact) mass is 547 g/mol. The van der Waals surface area contributed by atoms with Gasteiger partial charge in [-0.05, 0) is 44.6 Å². The molecule has 6 nitrogen and oxygen atoms in total. The first kappa shape index (κ1) is 22.7. The van der Waals surface area contributed by atoms with Gasteiger partial charge in [0.1, 0.15) is 5.56 Å². The molecular formula is C20H26IN3O3S2. The van der Waals surface area contributed by atoms with Gasteiger partial charge in [0.2, 0.25) is 0 Å². The second kappa shape index (κ2) is 10.4. The van der Waals surface area contributed by atoms with E-state index < -0.39 is 0 Å². The highest BCUT2D eigenvalue weighted by molar-refractivity contribution is 14.2. The first-order valence-corrected chi connectivity index (χ1v) is 14.1. The van der Waals surface area contributed by atoms with Crippen LogP contribution in [0.2, 0.25) is 0 Å². The van der Waals surface area contributed by atoms with Gasteiger partial charge in [-0.3, -0.25) is 8.77 Å². The lowest BCUT2D eigenvalue weighted by Crippen LogP contribution is -2.36. The topological polar surface area (TPSA) is 64.4 Å². The van der Waals surface area contributed by atoms with Crippen molar-refractivity contribution in [3.63, 3.8) is 0 Å². The maximum absolute atomic E-state index is 12.6. The maximum Gasteiger partial charge on any atom is 0.341 e. The number of hydrogen-bond donors (Lipinski definition) is 0. The van der Waals surface area contributed by atoms with E-state index in [0.717, 1.165) is 48.2 Å². The molecule has 1 aliphatic rings. The van der Waals surface area contributed by atoms with Gasteiger partial charge in [0, 0.05) is 73.9 Å². The number of hydrogen-bond acceptors (Lipinski definition) is 7. The van der Waals surface area contributed by atoms with Crippen molar-refractivity contribution < 1.29 is 14.3 Å². The minimum Gasteiger partial charge on any atom is -0.462 e. The third-order valence-electron chi connectivity index (χ3n) is 5.46. The fraction of sp³-hybridized carbons (Fsp3) is 0.550. The van der Waals surface area contributed by atoms with E-state index in [1.54, 1.807) is 22.2 Å². The van der Waals surface area contributed by atoms with E-state index in [2.05, 4.69) is 38.1 Å². The molecule has 1 saturated carbocycles. The summed E-state index contributed by atoms with van der Waals surface area (Å²) in [6.45, 7) is 3.79. The number of anilines is 1. The minimum absolute atomic E-state index is 0.195. The highest BCUT2D eigenvalue weighted by Gasteiger charge is 2.29. The van der Waals surface area contributed by atoms with Crippen LogP contribution in [0.15, 0.2) is 18.5 Å². The van der Waals surface area contributed by atoms with E-state index in [1.807, 2.05) is 23.2 Å². The van der Waals surface area contributed by atoms with Crippen molar-refractivity contribution in [1.29, 1.82) is 0 Å². The van der Waals surface area contributed by atoms with Crippen LogP contribution in [-0.4, -0.2) is 45.5 Å². The Kier molecular flexibility index (Phi) is 8.15. The van der Waals surface area contributed by atoms with Crippen LogP contribution in [0.5, 0.6) is 0 Å². The van der Waals surface area contributed by atoms with Crippen LogP contribution in [0.4, 0.5) is 5.69 Å². The summed E-state index contributed by atoms with van der Waals surface area (Å²) in [6, 6.07) is 2.38. The fourth-order valence-electron chi connectivity index (χ4n) is 3.96. The normalized spacial score (nSPS) is 19.3. The zero-order valence-corrected chi connectivity index (χ0v) is 20.7. The standard InChI is InChI=1S/C20H26IN3O3S2/c1-4-27-20(26)17-11-22-19-16(9-10-24(19)29-21)18(17)23(3)15-7-5-14(6-8-15)12-28-13(2)25/h9-11,14-15H,4-8,12H2,1-3H3/t14-,15-. The summed E-state index contributed by atoms with van der Waals surface area (Å²) in [4.78, 5) is 30.7. The van der Waals surface area contributed by atoms with Gasteiger partial charge in [0.05, 0.1) is 12.3 Å². The lowest BCUT2D eigenvalue weighted by atomic mass is 9.86. The number of fused-ring (bicyclic) bond motifs is 1. The Morgan fingerprint density at radius 1 is 1.34 bits per heavy atom. The van der Waals surface area contributed by atoms with Gasteiger partial charge in [0.15, 0.2) is 10.8 Å². The van der Waals surface area contributed by atoms with Crippen LogP contribution in [0.25, 0.3) is 11.0 Å². The number of esters is 1. The molecule has 0 radical (unpaired) electrons. The molecule has 3 rings (SSSR count). The highest BCUT2D eigenvalue weighted by atomic mass is 127. The quantitative estimate of drug-likeness (QED) is 0.343. The van der Waals surface area contributed by atoms with Gasteiger partial charge in [-0.15, -0.1) is 0 Å². The van der Waals surface area contributed by atoms with E-state index >= 15 is 0 Å². The van der Waals surface area contributed by atoms with Crippen molar-refractivity contribution in [1.82, 2.24) is 8.96 Å². The van der Waals surface area contributed by atoms with Crippen molar-refractivity contribution in [2.75, 3.05) is 24.3 Å². The van der Waals surface area contributed by atoms with Crippen molar-refractivity contribution in [3.05, 3.63) is 24.0 Å². The van der Waals surface area contributed by atoms with Crippen LogP contribution < -0.4 is 4.90 Å². The lowest BCUT2D eigenvalue weighted by Gasteiger charge is -2.36. The summed E-state index contributed by atoms with van der Waals surface area (Å²) < 4.78 is 7.30. The summed E-state index contributed by atoms with van der Waals surface area (Å²) >= 11 is 3.66. The molecule has 0 N–H and O–H groups in total. The molecule has 1 fully saturated rings. The predicted octanol–water partition coefficient (Wildman–Crippen LogP) is 5.33. The molecule has 0 amide bonds. The van der Waals surface area contributed by atoms with Gasteiger partial charge < -0.3 is 9.64 Å². The molecule has 0 aromatic carbocycles. The van der Waals surface area contributed by atoms with Gasteiger partial charge in [-0.2, -0.15) is 0 Å². The molecular weight excluding hydrogens is 521 g/mol. The third-order valence-corrected chi connectivity index (χ3v) is 8.22. The van der Waals surface area contributed by atoms with Crippen LogP contribution in [0.1, 0.15) is 49.9 Å². The second-order valence-corrected chi connectivity index (χ2v) is 10.2.